The van der Waals surface area contributed by atoms with Gasteiger partial charge in [0, 0.05) is 24.0 Å². The molecule has 0 amide bonds. The second-order valence-corrected chi connectivity index (χ2v) is 11.9. The monoisotopic (exact) mass is 781 g/mol. The van der Waals surface area contributed by atoms with E-state index in [4.69, 9.17) is 11.5 Å². The normalized spacial score (nSPS) is 15.6. The third-order valence-corrected chi connectivity index (χ3v) is 7.84. The van der Waals surface area contributed by atoms with Gasteiger partial charge < -0.3 is 36.7 Å². The number of aliphatic carboxylic acids is 2. The first-order valence-electron chi connectivity index (χ1n) is 17.3. The third-order valence-electron chi connectivity index (χ3n) is 7.84. The molecule has 0 aromatic carbocycles. The molecule has 6 N–H and O–H groups in total. The van der Waals surface area contributed by atoms with Crippen molar-refractivity contribution in [3.63, 3.8) is 0 Å². The molecule has 1 rings (SSSR count). The first-order chi connectivity index (χ1) is 19.3. The zero-order valence-corrected chi connectivity index (χ0v) is 29.8. The Morgan fingerprint density at radius 3 is 0.905 bits per heavy atom. The summed E-state index contributed by atoms with van der Waals surface area (Å²) in [5, 5.41) is 20.3. The Kier molecular flexibility index (Phi) is 46.7. The van der Waals surface area contributed by atoms with Gasteiger partial charge in [0.1, 0.15) is 0 Å². The van der Waals surface area contributed by atoms with Gasteiger partial charge in [-0.25, -0.2) is 0 Å². The molecule has 0 bridgehead atoms. The van der Waals surface area contributed by atoms with Crippen LogP contribution in [-0.4, -0.2) is 29.5 Å². The van der Waals surface area contributed by atoms with Crippen molar-refractivity contribution < 1.29 is 46.3 Å². The summed E-state index contributed by atoms with van der Waals surface area (Å²) in [6.07, 6.45) is 32.9. The summed E-state index contributed by atoms with van der Waals surface area (Å²) >= 11 is 0. The van der Waals surface area contributed by atoms with Crippen LogP contribution < -0.4 is 21.7 Å². The number of unbranched alkanes of at least 4 members (excludes halogenated alkanes) is 20. The predicted octanol–water partition coefficient (Wildman–Crippen LogP) is 6.26. The van der Waals surface area contributed by atoms with Crippen LogP contribution in [0.1, 0.15) is 194 Å². The third kappa shape index (κ3) is 44.0. The van der Waals surface area contributed by atoms with Crippen LogP contribution in [0.3, 0.4) is 0 Å². The molecule has 7 nitrogen and oxygen atoms in total. The molecule has 0 radical (unpaired) electrons. The van der Waals surface area contributed by atoms with E-state index in [0.717, 1.165) is 38.5 Å². The Balaban J connectivity index is -0.000000264. The van der Waals surface area contributed by atoms with Gasteiger partial charge in [0.2, 0.25) is 0 Å². The molecular formula is C34H70N2O5Pt. The van der Waals surface area contributed by atoms with E-state index in [1.165, 1.54) is 128 Å². The maximum atomic E-state index is 10.1. The van der Waals surface area contributed by atoms with Gasteiger partial charge in [-0.2, -0.15) is 0 Å². The number of rotatable bonds is 24. The predicted molar refractivity (Wildman–Crippen MR) is 170 cm³/mol. The van der Waals surface area contributed by atoms with Crippen molar-refractivity contribution in [3.05, 3.63) is 0 Å². The van der Waals surface area contributed by atoms with E-state index < -0.39 is 11.9 Å². The standard InChI is InChI=1S/2C14H28O2.C6H14N2.H2O.Pt/c2*1-2-3-4-5-6-7-8-9-10-11-12-13-14(15)16;7-5-3-1-2-4-6(5)8;;/h2*2-13H2,1H3,(H,15,16);5-6H,1-4,7-8H2;1H2;/q;;;;+2/p-2/t;;5-,6?;;/m..1../s1. The average molecular weight is 782 g/mol. The second kappa shape index (κ2) is 40.5. The fourth-order valence-electron chi connectivity index (χ4n) is 5.06. The van der Waals surface area contributed by atoms with E-state index in [1.807, 2.05) is 0 Å². The van der Waals surface area contributed by atoms with Crippen LogP contribution in [-0.2, 0) is 30.7 Å². The van der Waals surface area contributed by atoms with Crippen LogP contribution in [0.2, 0.25) is 0 Å². The van der Waals surface area contributed by atoms with Crippen LogP contribution in [0, 0.1) is 0 Å². The van der Waals surface area contributed by atoms with Crippen molar-refractivity contribution in [1.82, 2.24) is 0 Å². The van der Waals surface area contributed by atoms with E-state index in [-0.39, 0.29) is 51.5 Å². The Bertz CT molecular complexity index is 494. The quantitative estimate of drug-likeness (QED) is 0.110. The Labute approximate surface area is 274 Å². The van der Waals surface area contributed by atoms with Crippen LogP contribution in [0.5, 0.6) is 0 Å². The minimum absolute atomic E-state index is 0. The number of carbonyl (C=O) groups is 2. The van der Waals surface area contributed by atoms with Crippen molar-refractivity contribution in [1.29, 1.82) is 0 Å². The number of hydrogen-bond acceptors (Lipinski definition) is 6. The molecule has 1 fully saturated rings. The summed E-state index contributed by atoms with van der Waals surface area (Å²) in [5.74, 6) is -1.81. The number of carbonyl (C=O) groups excluding carboxylic acids is 2. The first kappa shape index (κ1) is 48.4. The van der Waals surface area contributed by atoms with Gasteiger partial charge in [0.25, 0.3) is 0 Å². The second-order valence-electron chi connectivity index (χ2n) is 11.9. The van der Waals surface area contributed by atoms with E-state index in [1.54, 1.807) is 0 Å². The van der Waals surface area contributed by atoms with Crippen LogP contribution in [0.4, 0.5) is 0 Å². The minimum atomic E-state index is -0.907. The minimum Gasteiger partial charge on any atom is -0.550 e. The molecule has 0 saturated heterocycles. The summed E-state index contributed by atoms with van der Waals surface area (Å²) in [7, 11) is 0. The summed E-state index contributed by atoms with van der Waals surface area (Å²) in [6.45, 7) is 4.49. The maximum Gasteiger partial charge on any atom is 2.00 e. The van der Waals surface area contributed by atoms with Crippen molar-refractivity contribution in [3.8, 4) is 0 Å². The fraction of sp³-hybridized carbons (Fsp3) is 0.941. The molecule has 0 aromatic rings. The Morgan fingerprint density at radius 1 is 0.500 bits per heavy atom. The zero-order chi connectivity index (χ0) is 30.1. The van der Waals surface area contributed by atoms with Crippen molar-refractivity contribution >= 4 is 11.9 Å². The van der Waals surface area contributed by atoms with Crippen molar-refractivity contribution in [2.45, 2.75) is 206 Å². The molecule has 0 heterocycles. The molecule has 1 aliphatic carbocycles. The molecule has 1 aliphatic rings. The zero-order valence-electron chi connectivity index (χ0n) is 27.6. The molecule has 8 heteroatoms. The summed E-state index contributed by atoms with van der Waals surface area (Å²) in [4.78, 5) is 20.3. The molecule has 42 heavy (non-hydrogen) atoms. The van der Waals surface area contributed by atoms with Crippen LogP contribution in [0.25, 0.3) is 0 Å². The van der Waals surface area contributed by atoms with Gasteiger partial charge in [0.05, 0.1) is 0 Å². The Morgan fingerprint density at radius 2 is 0.714 bits per heavy atom. The molecule has 1 saturated carbocycles. The van der Waals surface area contributed by atoms with Crippen molar-refractivity contribution in [2.24, 2.45) is 11.5 Å². The summed E-state index contributed by atoms with van der Waals surface area (Å²) in [5.41, 5.74) is 11.3. The van der Waals surface area contributed by atoms with Gasteiger partial charge in [-0.05, 0) is 38.5 Å². The van der Waals surface area contributed by atoms with E-state index in [0.29, 0.717) is 0 Å². The van der Waals surface area contributed by atoms with Gasteiger partial charge in [-0.15, -0.1) is 0 Å². The van der Waals surface area contributed by atoms with Crippen molar-refractivity contribution in [2.75, 3.05) is 0 Å². The van der Waals surface area contributed by atoms with Gasteiger partial charge in [0.15, 0.2) is 0 Å². The van der Waals surface area contributed by atoms with Gasteiger partial charge in [-0.1, -0.05) is 155 Å². The van der Waals surface area contributed by atoms with Gasteiger partial charge >= 0.3 is 21.1 Å². The van der Waals surface area contributed by atoms with Crippen LogP contribution >= 0.6 is 0 Å². The molecule has 256 valence electrons. The molecule has 0 aliphatic heterocycles. The molecule has 2 atom stereocenters. The van der Waals surface area contributed by atoms with Gasteiger partial charge in [-0.3, -0.25) is 0 Å². The van der Waals surface area contributed by atoms with Crippen LogP contribution in [0.15, 0.2) is 0 Å². The van der Waals surface area contributed by atoms with E-state index in [2.05, 4.69) is 13.8 Å². The molecular weight excluding hydrogens is 711 g/mol. The largest absolute Gasteiger partial charge is 2.00 e. The summed E-state index contributed by atoms with van der Waals surface area (Å²) in [6, 6.07) is 0.562. The Hall–Kier alpha value is -0.492. The number of carboxylic acid groups (broad SMARTS) is 2. The SMILES string of the molecule is CCCCCCCCCCCCCC(=O)[O-].CCCCCCCCCCCCCC(=O)[O-].NC1CCCC[C@H]1N.O.[Pt+2]. The molecule has 0 spiro atoms. The molecule has 0 aromatic heterocycles. The van der Waals surface area contributed by atoms with E-state index in [9.17, 15) is 19.8 Å². The number of hydrogen-bond donors (Lipinski definition) is 2. The number of nitrogens with two attached hydrogens (primary N) is 2. The molecule has 1 unspecified atom stereocenters. The fourth-order valence-corrected chi connectivity index (χ4v) is 5.06. The van der Waals surface area contributed by atoms with E-state index >= 15 is 0 Å². The average Bonchev–Trinajstić information content (AvgIpc) is 2.92. The topological polar surface area (TPSA) is 164 Å². The maximum absolute atomic E-state index is 10.1. The first-order valence-corrected chi connectivity index (χ1v) is 17.3. The smallest absolute Gasteiger partial charge is 0.550 e. The number of carboxylic acids is 2. The summed E-state index contributed by atoms with van der Waals surface area (Å²) < 4.78 is 0.